The maximum atomic E-state index is 12.0. The molecule has 0 saturated heterocycles. The maximum Gasteiger partial charge on any atom is 0.312 e. The van der Waals surface area contributed by atoms with Crippen LogP contribution >= 0.6 is 0 Å². The Bertz CT molecular complexity index is 601. The molecule has 0 amide bonds. The number of benzene rings is 1. The summed E-state index contributed by atoms with van der Waals surface area (Å²) in [6.45, 7) is 1.11. The Morgan fingerprint density at radius 2 is 2.00 bits per heavy atom. The van der Waals surface area contributed by atoms with Gasteiger partial charge in [-0.3, -0.25) is 10.1 Å². The van der Waals surface area contributed by atoms with Gasteiger partial charge >= 0.3 is 5.69 Å². The van der Waals surface area contributed by atoms with E-state index in [1.165, 1.54) is 0 Å². The fourth-order valence-corrected chi connectivity index (χ4v) is 2.75. The highest BCUT2D eigenvalue weighted by Gasteiger charge is 2.20. The Balaban J connectivity index is 2.70. The van der Waals surface area contributed by atoms with Crippen LogP contribution in [-0.4, -0.2) is 50.5 Å². The first-order valence-corrected chi connectivity index (χ1v) is 7.84. The van der Waals surface area contributed by atoms with Crippen molar-refractivity contribution < 1.29 is 18.4 Å². The summed E-state index contributed by atoms with van der Waals surface area (Å²) < 4.78 is 26.4. The Labute approximate surface area is 123 Å². The molecule has 0 radical (unpaired) electrons. The number of aromatic hydroxyl groups is 1. The number of hydrogen-bond donors (Lipinski definition) is 2. The minimum absolute atomic E-state index is 0.236. The molecule has 0 aromatic heterocycles. The Kier molecular flexibility index (Phi) is 6.06. The van der Waals surface area contributed by atoms with E-state index in [-0.39, 0.29) is 11.4 Å². The van der Waals surface area contributed by atoms with Gasteiger partial charge in [0.05, 0.1) is 9.82 Å². The summed E-state index contributed by atoms with van der Waals surface area (Å²) in [6.07, 6.45) is 1.50. The van der Waals surface area contributed by atoms with Gasteiger partial charge in [0, 0.05) is 12.6 Å². The average Bonchev–Trinajstić information content (AvgIpc) is 2.37. The van der Waals surface area contributed by atoms with Gasteiger partial charge in [-0.05, 0) is 45.6 Å². The zero-order chi connectivity index (χ0) is 16.0. The summed E-state index contributed by atoms with van der Waals surface area (Å²) in [4.78, 5) is 11.6. The molecule has 9 heteroatoms. The van der Waals surface area contributed by atoms with Crippen LogP contribution in [0.4, 0.5) is 5.69 Å². The van der Waals surface area contributed by atoms with Crippen LogP contribution in [0, 0.1) is 10.1 Å². The van der Waals surface area contributed by atoms with Crippen molar-refractivity contribution in [1.29, 1.82) is 0 Å². The SMILES string of the molecule is CN(C)CCCCNS(=O)(=O)c1ccc(O)c([N+](=O)[O-])c1. The van der Waals surface area contributed by atoms with Gasteiger partial charge in [0.2, 0.25) is 10.0 Å². The molecule has 0 heterocycles. The number of hydrogen-bond acceptors (Lipinski definition) is 6. The Morgan fingerprint density at radius 3 is 2.57 bits per heavy atom. The van der Waals surface area contributed by atoms with Crippen molar-refractivity contribution in [3.8, 4) is 5.75 Å². The highest BCUT2D eigenvalue weighted by Crippen LogP contribution is 2.28. The van der Waals surface area contributed by atoms with Crippen molar-refractivity contribution in [2.75, 3.05) is 27.2 Å². The van der Waals surface area contributed by atoms with E-state index in [2.05, 4.69) is 4.72 Å². The van der Waals surface area contributed by atoms with Crippen LogP contribution in [0.2, 0.25) is 0 Å². The molecule has 0 aliphatic carbocycles. The molecule has 1 aromatic carbocycles. The normalized spacial score (nSPS) is 11.8. The molecule has 0 fully saturated rings. The van der Waals surface area contributed by atoms with E-state index in [1.54, 1.807) is 0 Å². The molecule has 8 nitrogen and oxygen atoms in total. The van der Waals surface area contributed by atoms with Gasteiger partial charge in [0.25, 0.3) is 0 Å². The summed E-state index contributed by atoms with van der Waals surface area (Å²) in [7, 11) is 0.0477. The summed E-state index contributed by atoms with van der Waals surface area (Å²) >= 11 is 0. The van der Waals surface area contributed by atoms with Crippen LogP contribution in [-0.2, 0) is 10.0 Å². The number of rotatable bonds is 8. The van der Waals surface area contributed by atoms with Gasteiger partial charge in [-0.2, -0.15) is 0 Å². The van der Waals surface area contributed by atoms with Gasteiger partial charge in [0.15, 0.2) is 5.75 Å². The van der Waals surface area contributed by atoms with Crippen molar-refractivity contribution in [3.63, 3.8) is 0 Å². The fourth-order valence-electron chi connectivity index (χ4n) is 1.66. The third-order valence-corrected chi connectivity index (χ3v) is 4.24. The van der Waals surface area contributed by atoms with Crippen LogP contribution in [0.5, 0.6) is 5.75 Å². The van der Waals surface area contributed by atoms with E-state index < -0.39 is 26.4 Å². The lowest BCUT2D eigenvalue weighted by Gasteiger charge is -2.10. The molecule has 0 spiro atoms. The largest absolute Gasteiger partial charge is 0.502 e. The topological polar surface area (TPSA) is 113 Å². The van der Waals surface area contributed by atoms with Crippen molar-refractivity contribution in [1.82, 2.24) is 9.62 Å². The van der Waals surface area contributed by atoms with Crippen LogP contribution in [0.15, 0.2) is 23.1 Å². The van der Waals surface area contributed by atoms with Gasteiger partial charge in [-0.25, -0.2) is 13.1 Å². The van der Waals surface area contributed by atoms with Crippen molar-refractivity contribution in [2.45, 2.75) is 17.7 Å². The number of sulfonamides is 1. The number of nitrogens with one attached hydrogen (secondary N) is 1. The number of unbranched alkanes of at least 4 members (excludes halogenated alkanes) is 1. The molecule has 2 N–H and O–H groups in total. The molecule has 21 heavy (non-hydrogen) atoms. The smallest absolute Gasteiger partial charge is 0.312 e. The average molecular weight is 317 g/mol. The summed E-state index contributed by atoms with van der Waals surface area (Å²) in [5.41, 5.74) is -0.634. The summed E-state index contributed by atoms with van der Waals surface area (Å²) in [5, 5.41) is 20.0. The van der Waals surface area contributed by atoms with Crippen LogP contribution in [0.1, 0.15) is 12.8 Å². The standard InChI is InChI=1S/C12H19N3O5S/c1-14(2)8-4-3-7-13-21(19,20)10-5-6-12(16)11(9-10)15(17)18/h5-6,9,13,16H,3-4,7-8H2,1-2H3. The lowest BCUT2D eigenvalue weighted by molar-refractivity contribution is -0.386. The third-order valence-electron chi connectivity index (χ3n) is 2.78. The zero-order valence-electron chi connectivity index (χ0n) is 11.9. The monoisotopic (exact) mass is 317 g/mol. The Hall–Kier alpha value is -1.71. The number of nitro groups is 1. The summed E-state index contributed by atoms with van der Waals surface area (Å²) in [5.74, 6) is -0.565. The second-order valence-electron chi connectivity index (χ2n) is 4.82. The molecule has 1 rings (SSSR count). The van der Waals surface area contributed by atoms with Crippen LogP contribution < -0.4 is 4.72 Å². The fraction of sp³-hybridized carbons (Fsp3) is 0.500. The minimum Gasteiger partial charge on any atom is -0.502 e. The van der Waals surface area contributed by atoms with Crippen LogP contribution in [0.3, 0.4) is 0 Å². The number of nitro benzene ring substituents is 1. The zero-order valence-corrected chi connectivity index (χ0v) is 12.8. The van der Waals surface area contributed by atoms with Gasteiger partial charge in [-0.1, -0.05) is 0 Å². The van der Waals surface area contributed by atoms with Gasteiger partial charge < -0.3 is 10.0 Å². The molecular formula is C12H19N3O5S. The molecule has 0 unspecified atom stereocenters. The lowest BCUT2D eigenvalue weighted by atomic mass is 10.3. The molecule has 118 valence electrons. The molecule has 0 atom stereocenters. The predicted octanol–water partition coefficient (Wildman–Crippen LogP) is 0.920. The highest BCUT2D eigenvalue weighted by atomic mass is 32.2. The molecular weight excluding hydrogens is 298 g/mol. The van der Waals surface area contributed by atoms with E-state index >= 15 is 0 Å². The van der Waals surface area contributed by atoms with Crippen molar-refractivity contribution in [2.24, 2.45) is 0 Å². The van der Waals surface area contributed by atoms with Crippen molar-refractivity contribution in [3.05, 3.63) is 28.3 Å². The molecule has 0 aliphatic heterocycles. The molecule has 0 saturated carbocycles. The maximum absolute atomic E-state index is 12.0. The predicted molar refractivity (Wildman–Crippen MR) is 77.7 cm³/mol. The first-order valence-electron chi connectivity index (χ1n) is 6.36. The quantitative estimate of drug-likeness (QED) is 0.419. The number of phenols is 1. The molecule has 0 bridgehead atoms. The van der Waals surface area contributed by atoms with E-state index in [4.69, 9.17) is 0 Å². The second kappa shape index (κ2) is 7.34. The molecule has 0 aliphatic rings. The van der Waals surface area contributed by atoms with Gasteiger partial charge in [-0.15, -0.1) is 0 Å². The van der Waals surface area contributed by atoms with E-state index in [0.29, 0.717) is 6.42 Å². The van der Waals surface area contributed by atoms with Gasteiger partial charge in [0.1, 0.15) is 0 Å². The lowest BCUT2D eigenvalue weighted by Crippen LogP contribution is -2.25. The number of nitrogens with zero attached hydrogens (tertiary/aromatic N) is 2. The highest BCUT2D eigenvalue weighted by molar-refractivity contribution is 7.89. The van der Waals surface area contributed by atoms with E-state index in [9.17, 15) is 23.6 Å². The molecule has 1 aromatic rings. The van der Waals surface area contributed by atoms with Crippen molar-refractivity contribution >= 4 is 15.7 Å². The van der Waals surface area contributed by atoms with Crippen LogP contribution in [0.25, 0.3) is 0 Å². The Morgan fingerprint density at radius 1 is 1.33 bits per heavy atom. The summed E-state index contributed by atoms with van der Waals surface area (Å²) in [6, 6.07) is 2.97. The third kappa shape index (κ3) is 5.29. The van der Waals surface area contributed by atoms with E-state index in [1.807, 2.05) is 19.0 Å². The first kappa shape index (κ1) is 17.3. The minimum atomic E-state index is -3.81. The van der Waals surface area contributed by atoms with E-state index in [0.717, 1.165) is 31.2 Å². The number of phenolic OH excluding ortho intramolecular Hbond substituents is 1. The first-order chi connectivity index (χ1) is 9.74. The second-order valence-corrected chi connectivity index (χ2v) is 6.58.